The summed E-state index contributed by atoms with van der Waals surface area (Å²) < 4.78 is 5.10. The number of thioether (sulfide) groups is 1. The molecule has 0 bridgehead atoms. The molecule has 1 saturated heterocycles. The van der Waals surface area contributed by atoms with Gasteiger partial charge in [-0.15, -0.1) is 0 Å². The fraction of sp³-hybridized carbons (Fsp3) is 0.143. The lowest BCUT2D eigenvalue weighted by molar-refractivity contribution is -0.139. The van der Waals surface area contributed by atoms with E-state index in [0.717, 1.165) is 5.56 Å². The van der Waals surface area contributed by atoms with Crippen molar-refractivity contribution < 1.29 is 29.3 Å². The number of hydrogen-bond acceptors (Lipinski definition) is 6. The summed E-state index contributed by atoms with van der Waals surface area (Å²) in [6.45, 7) is 1.82. The summed E-state index contributed by atoms with van der Waals surface area (Å²) in [5, 5.41) is 18.3. The molecule has 0 aliphatic carbocycles. The van der Waals surface area contributed by atoms with Crippen LogP contribution in [0.2, 0.25) is 0 Å². The number of amidine groups is 1. The van der Waals surface area contributed by atoms with Crippen molar-refractivity contribution in [1.82, 2.24) is 4.90 Å². The number of carboxylic acids is 2. The predicted octanol–water partition coefficient (Wildman–Crippen LogP) is 3.47. The molecule has 1 fully saturated rings. The van der Waals surface area contributed by atoms with E-state index in [-0.39, 0.29) is 11.5 Å². The Kier molecular flexibility index (Phi) is 6.53. The third kappa shape index (κ3) is 5.06. The van der Waals surface area contributed by atoms with Crippen molar-refractivity contribution in [3.63, 3.8) is 0 Å². The molecule has 1 aliphatic heterocycles. The second-order valence-electron chi connectivity index (χ2n) is 6.16. The van der Waals surface area contributed by atoms with Crippen LogP contribution in [0.15, 0.2) is 58.4 Å². The van der Waals surface area contributed by atoms with Gasteiger partial charge in [-0.3, -0.25) is 9.69 Å². The quantitative estimate of drug-likeness (QED) is 0.651. The largest absolute Gasteiger partial charge is 0.482 e. The Bertz CT molecular complexity index is 1050. The standard InChI is InChI=1S/C21H18N2O6S/c1-2-23-19(26)17(10-13-6-8-16(9-7-13)29-12-18(24)25)30-21(23)22-15-5-3-4-14(11-15)20(27)28/h3-11H,2,12H2,1H3,(H,24,25)(H,27,28)/b17-10-,22-21?. The van der Waals surface area contributed by atoms with E-state index in [0.29, 0.717) is 28.1 Å². The van der Waals surface area contributed by atoms with Gasteiger partial charge in [0.15, 0.2) is 11.8 Å². The van der Waals surface area contributed by atoms with Gasteiger partial charge < -0.3 is 14.9 Å². The number of rotatable bonds is 7. The molecule has 8 nitrogen and oxygen atoms in total. The highest BCUT2D eigenvalue weighted by molar-refractivity contribution is 8.18. The number of ether oxygens (including phenoxy) is 1. The van der Waals surface area contributed by atoms with Crippen LogP contribution < -0.4 is 4.74 Å². The van der Waals surface area contributed by atoms with Gasteiger partial charge in [-0.1, -0.05) is 18.2 Å². The van der Waals surface area contributed by atoms with E-state index in [9.17, 15) is 14.4 Å². The number of likely N-dealkylation sites (N-methyl/N-ethyl adjacent to an activating group) is 1. The van der Waals surface area contributed by atoms with Crippen molar-refractivity contribution >= 4 is 46.5 Å². The van der Waals surface area contributed by atoms with E-state index in [1.807, 2.05) is 6.92 Å². The number of carbonyl (C=O) groups excluding carboxylic acids is 1. The maximum Gasteiger partial charge on any atom is 0.341 e. The number of carboxylic acid groups (broad SMARTS) is 2. The SMILES string of the molecule is CCN1C(=O)/C(=C/c2ccc(OCC(=O)O)cc2)SC1=Nc1cccc(C(=O)O)c1. The zero-order valence-corrected chi connectivity index (χ0v) is 16.8. The molecule has 1 amide bonds. The van der Waals surface area contributed by atoms with Crippen molar-refractivity contribution in [2.75, 3.05) is 13.2 Å². The van der Waals surface area contributed by atoms with Gasteiger partial charge in [-0.05, 0) is 60.7 Å². The number of aliphatic carboxylic acids is 1. The molecule has 3 rings (SSSR count). The summed E-state index contributed by atoms with van der Waals surface area (Å²) in [5.74, 6) is -1.88. The molecular formula is C21H18N2O6S. The zero-order valence-electron chi connectivity index (χ0n) is 15.9. The molecule has 2 aromatic rings. The highest BCUT2D eigenvalue weighted by atomic mass is 32.2. The number of aromatic carboxylic acids is 1. The number of aliphatic imine (C=N–C) groups is 1. The van der Waals surface area contributed by atoms with Crippen LogP contribution >= 0.6 is 11.8 Å². The molecule has 2 aromatic carbocycles. The maximum atomic E-state index is 12.7. The van der Waals surface area contributed by atoms with Crippen LogP contribution in [0.3, 0.4) is 0 Å². The number of benzene rings is 2. The van der Waals surface area contributed by atoms with E-state index < -0.39 is 18.5 Å². The summed E-state index contributed by atoms with van der Waals surface area (Å²) >= 11 is 1.20. The Balaban J connectivity index is 1.82. The first-order valence-corrected chi connectivity index (χ1v) is 9.77. The third-order valence-corrected chi connectivity index (χ3v) is 5.07. The molecule has 154 valence electrons. The van der Waals surface area contributed by atoms with Gasteiger partial charge in [0.05, 0.1) is 16.2 Å². The van der Waals surface area contributed by atoms with Crippen LogP contribution in [0.1, 0.15) is 22.8 Å². The van der Waals surface area contributed by atoms with Crippen LogP contribution in [0.4, 0.5) is 5.69 Å². The second kappa shape index (κ2) is 9.27. The fourth-order valence-electron chi connectivity index (χ4n) is 2.65. The van der Waals surface area contributed by atoms with E-state index >= 15 is 0 Å². The van der Waals surface area contributed by atoms with E-state index in [4.69, 9.17) is 14.9 Å². The topological polar surface area (TPSA) is 117 Å². The number of carbonyl (C=O) groups is 3. The molecule has 0 spiro atoms. The minimum absolute atomic E-state index is 0.121. The van der Waals surface area contributed by atoms with E-state index in [1.54, 1.807) is 42.5 Å². The lowest BCUT2D eigenvalue weighted by Crippen LogP contribution is -2.28. The normalized spacial score (nSPS) is 16.3. The smallest absolute Gasteiger partial charge is 0.341 e. The Hall–Kier alpha value is -3.59. The maximum absolute atomic E-state index is 12.7. The van der Waals surface area contributed by atoms with Crippen LogP contribution in [-0.2, 0) is 9.59 Å². The predicted molar refractivity (Wildman–Crippen MR) is 113 cm³/mol. The van der Waals surface area contributed by atoms with Gasteiger partial charge in [0.2, 0.25) is 0 Å². The highest BCUT2D eigenvalue weighted by Crippen LogP contribution is 2.34. The molecule has 0 unspecified atom stereocenters. The van der Waals surface area contributed by atoms with Gasteiger partial charge in [-0.25, -0.2) is 14.6 Å². The average molecular weight is 426 g/mol. The van der Waals surface area contributed by atoms with Crippen LogP contribution in [-0.4, -0.2) is 51.3 Å². The number of amides is 1. The fourth-order valence-corrected chi connectivity index (χ4v) is 3.71. The van der Waals surface area contributed by atoms with E-state index in [1.165, 1.54) is 28.8 Å². The van der Waals surface area contributed by atoms with Crippen molar-refractivity contribution in [2.45, 2.75) is 6.92 Å². The van der Waals surface area contributed by atoms with Crippen LogP contribution in [0.25, 0.3) is 6.08 Å². The summed E-state index contributed by atoms with van der Waals surface area (Å²) in [4.78, 5) is 40.9. The minimum atomic E-state index is -1.06. The van der Waals surface area contributed by atoms with Crippen LogP contribution in [0, 0.1) is 0 Å². The first-order valence-electron chi connectivity index (χ1n) is 8.95. The second-order valence-corrected chi connectivity index (χ2v) is 7.17. The summed E-state index contributed by atoms with van der Waals surface area (Å²) in [6.07, 6.45) is 1.72. The molecule has 0 saturated carbocycles. The van der Waals surface area contributed by atoms with Gasteiger partial charge in [-0.2, -0.15) is 0 Å². The first kappa shape index (κ1) is 21.1. The Morgan fingerprint density at radius 2 is 1.90 bits per heavy atom. The third-order valence-electron chi connectivity index (χ3n) is 4.06. The van der Waals surface area contributed by atoms with Crippen molar-refractivity contribution in [3.8, 4) is 5.75 Å². The Morgan fingerprint density at radius 1 is 1.17 bits per heavy atom. The zero-order chi connectivity index (χ0) is 21.7. The highest BCUT2D eigenvalue weighted by Gasteiger charge is 2.32. The Morgan fingerprint density at radius 3 is 2.53 bits per heavy atom. The van der Waals surface area contributed by atoms with Gasteiger partial charge in [0.25, 0.3) is 5.91 Å². The molecule has 1 aliphatic rings. The van der Waals surface area contributed by atoms with Crippen molar-refractivity contribution in [3.05, 3.63) is 64.6 Å². The number of nitrogens with zero attached hydrogens (tertiary/aromatic N) is 2. The van der Waals surface area contributed by atoms with E-state index in [2.05, 4.69) is 4.99 Å². The molecule has 9 heteroatoms. The Labute approximate surface area is 176 Å². The van der Waals surface area contributed by atoms with Crippen molar-refractivity contribution in [1.29, 1.82) is 0 Å². The molecule has 1 heterocycles. The summed E-state index contributed by atoms with van der Waals surface area (Å²) in [5.41, 5.74) is 1.32. The molecule has 0 aromatic heterocycles. The average Bonchev–Trinajstić information content (AvgIpc) is 3.01. The minimum Gasteiger partial charge on any atom is -0.482 e. The monoisotopic (exact) mass is 426 g/mol. The molecule has 2 N–H and O–H groups in total. The molecule has 30 heavy (non-hydrogen) atoms. The van der Waals surface area contributed by atoms with Gasteiger partial charge in [0.1, 0.15) is 5.75 Å². The summed E-state index contributed by atoms with van der Waals surface area (Å²) in [7, 11) is 0. The first-order chi connectivity index (χ1) is 14.4. The summed E-state index contributed by atoms with van der Waals surface area (Å²) in [6, 6.07) is 12.9. The molecule has 0 atom stereocenters. The van der Waals surface area contributed by atoms with Gasteiger partial charge >= 0.3 is 11.9 Å². The lowest BCUT2D eigenvalue weighted by Gasteiger charge is -2.12. The van der Waals surface area contributed by atoms with Gasteiger partial charge in [0, 0.05) is 6.54 Å². The molecular weight excluding hydrogens is 408 g/mol. The lowest BCUT2D eigenvalue weighted by atomic mass is 10.2. The molecule has 0 radical (unpaired) electrons. The van der Waals surface area contributed by atoms with Crippen LogP contribution in [0.5, 0.6) is 5.75 Å². The number of hydrogen-bond donors (Lipinski definition) is 2. The van der Waals surface area contributed by atoms with Crippen molar-refractivity contribution in [2.24, 2.45) is 4.99 Å².